The van der Waals surface area contributed by atoms with Gasteiger partial charge in [0.05, 0.1) is 13.1 Å². The van der Waals surface area contributed by atoms with Gasteiger partial charge in [0, 0.05) is 18.7 Å². The van der Waals surface area contributed by atoms with Crippen molar-refractivity contribution in [2.45, 2.75) is 51.5 Å². The second-order valence-corrected chi connectivity index (χ2v) is 7.77. The number of carboxylic acids is 1. The van der Waals surface area contributed by atoms with Crippen LogP contribution in [0.25, 0.3) is 0 Å². The third-order valence-corrected chi connectivity index (χ3v) is 5.41. The summed E-state index contributed by atoms with van der Waals surface area (Å²) >= 11 is 0. The Kier molecular flexibility index (Phi) is 7.84. The smallest absolute Gasteiger partial charge is 0.475 e. The van der Waals surface area contributed by atoms with Gasteiger partial charge in [-0.3, -0.25) is 9.69 Å². The van der Waals surface area contributed by atoms with Crippen molar-refractivity contribution in [2.24, 2.45) is 0 Å². The molecule has 0 unspecified atom stereocenters. The Morgan fingerprint density at radius 1 is 0.938 bits per heavy atom. The van der Waals surface area contributed by atoms with E-state index in [0.29, 0.717) is 6.54 Å². The first kappa shape index (κ1) is 23.7. The van der Waals surface area contributed by atoms with Crippen LogP contribution < -0.4 is 0 Å². The number of nitrogens with zero attached hydrogens (tertiary/aromatic N) is 5. The van der Waals surface area contributed by atoms with E-state index < -0.39 is 12.1 Å². The molecular weight excluding hydrogens is 427 g/mol. The van der Waals surface area contributed by atoms with Gasteiger partial charge in [0.1, 0.15) is 5.82 Å². The van der Waals surface area contributed by atoms with Gasteiger partial charge in [-0.2, -0.15) is 13.2 Å². The van der Waals surface area contributed by atoms with Gasteiger partial charge in [0.25, 0.3) is 5.91 Å². The zero-order chi connectivity index (χ0) is 23.1. The Labute approximate surface area is 183 Å². The fourth-order valence-electron chi connectivity index (χ4n) is 3.79. The Morgan fingerprint density at radius 2 is 1.59 bits per heavy atom. The van der Waals surface area contributed by atoms with E-state index in [1.807, 2.05) is 35.2 Å². The Morgan fingerprint density at radius 3 is 2.22 bits per heavy atom. The molecule has 1 aromatic heterocycles. The summed E-state index contributed by atoms with van der Waals surface area (Å²) in [7, 11) is 0. The number of carbonyl (C=O) groups excluding carboxylic acids is 1. The average molecular weight is 453 g/mol. The van der Waals surface area contributed by atoms with Gasteiger partial charge in [-0.15, -0.1) is 10.2 Å². The molecule has 2 aliphatic heterocycles. The lowest BCUT2D eigenvalue weighted by Crippen LogP contribution is -2.31. The molecule has 174 valence electrons. The van der Waals surface area contributed by atoms with Crippen molar-refractivity contribution < 1.29 is 27.9 Å². The topological polar surface area (TPSA) is 91.6 Å². The molecule has 11 heteroatoms. The van der Waals surface area contributed by atoms with Crippen molar-refractivity contribution in [3.63, 3.8) is 0 Å². The van der Waals surface area contributed by atoms with E-state index in [4.69, 9.17) is 9.90 Å². The highest BCUT2D eigenvalue weighted by molar-refractivity contribution is 5.94. The van der Waals surface area contributed by atoms with Gasteiger partial charge in [-0.05, 0) is 44.5 Å². The predicted octanol–water partition coefficient (Wildman–Crippen LogP) is 2.94. The second kappa shape index (κ2) is 10.6. The minimum atomic E-state index is -5.08. The third kappa shape index (κ3) is 6.28. The molecule has 32 heavy (non-hydrogen) atoms. The highest BCUT2D eigenvalue weighted by atomic mass is 19.4. The first-order valence-electron chi connectivity index (χ1n) is 10.5. The number of hydrogen-bond acceptors (Lipinski definition) is 5. The largest absolute Gasteiger partial charge is 0.490 e. The van der Waals surface area contributed by atoms with Crippen molar-refractivity contribution in [1.82, 2.24) is 24.6 Å². The number of piperidine rings is 1. The molecule has 1 saturated heterocycles. The normalized spacial score (nSPS) is 17.0. The Bertz CT molecular complexity index is 911. The summed E-state index contributed by atoms with van der Waals surface area (Å²) in [6.07, 6.45) is -0.248. The van der Waals surface area contributed by atoms with Crippen LogP contribution in [0.5, 0.6) is 0 Å². The number of aromatic nitrogens is 3. The van der Waals surface area contributed by atoms with Crippen LogP contribution in [0.2, 0.25) is 0 Å². The van der Waals surface area contributed by atoms with Gasteiger partial charge in [0.2, 0.25) is 0 Å². The number of hydrogen-bond donors (Lipinski definition) is 1. The van der Waals surface area contributed by atoms with Crippen LogP contribution in [-0.2, 0) is 24.4 Å². The number of halogens is 3. The van der Waals surface area contributed by atoms with E-state index in [0.717, 1.165) is 56.4 Å². The van der Waals surface area contributed by atoms with Gasteiger partial charge in [0.15, 0.2) is 5.82 Å². The Balaban J connectivity index is 0.000000360. The maximum atomic E-state index is 12.7. The number of aliphatic carboxylic acids is 1. The summed E-state index contributed by atoms with van der Waals surface area (Å²) in [5.74, 6) is -0.721. The molecular formula is C21H26F3N5O3. The molecule has 1 aromatic carbocycles. The molecule has 0 radical (unpaired) electrons. The van der Waals surface area contributed by atoms with Crippen molar-refractivity contribution >= 4 is 11.9 Å². The summed E-state index contributed by atoms with van der Waals surface area (Å²) in [6, 6.07) is 9.50. The first-order chi connectivity index (χ1) is 15.3. The summed E-state index contributed by atoms with van der Waals surface area (Å²) < 4.78 is 34.0. The highest BCUT2D eigenvalue weighted by Crippen LogP contribution is 2.18. The average Bonchev–Trinajstić information content (AvgIpc) is 3.01. The van der Waals surface area contributed by atoms with Gasteiger partial charge < -0.3 is 14.6 Å². The molecule has 0 spiro atoms. The number of fused-ring (bicyclic) bond motifs is 1. The summed E-state index contributed by atoms with van der Waals surface area (Å²) in [5, 5.41) is 16.0. The standard InChI is InChI=1S/C19H25N5O.C2HF3O2/c25-19(16-8-3-1-4-9-16)23-12-7-13-24-17(20-21-18(24)15-23)14-22-10-5-2-6-11-22;3-2(4,5)1(6)7/h1,3-4,8-9H,2,5-7,10-15H2;(H,6,7). The summed E-state index contributed by atoms with van der Waals surface area (Å²) in [6.45, 7) is 5.38. The van der Waals surface area contributed by atoms with Crippen molar-refractivity contribution in [1.29, 1.82) is 0 Å². The van der Waals surface area contributed by atoms with Crippen LogP contribution in [0.3, 0.4) is 0 Å². The van der Waals surface area contributed by atoms with Gasteiger partial charge in [-0.25, -0.2) is 4.79 Å². The SMILES string of the molecule is O=C(O)C(F)(F)F.O=C(c1ccccc1)N1CCCn2c(CN3CCCCC3)nnc2C1. The molecule has 1 amide bonds. The molecule has 1 N–H and O–H groups in total. The first-order valence-corrected chi connectivity index (χ1v) is 10.5. The molecule has 2 aliphatic rings. The number of amides is 1. The molecule has 0 saturated carbocycles. The number of benzene rings is 1. The number of alkyl halides is 3. The number of carboxylic acid groups (broad SMARTS) is 1. The van der Waals surface area contributed by atoms with Gasteiger partial charge >= 0.3 is 12.1 Å². The van der Waals surface area contributed by atoms with E-state index in [1.54, 1.807) is 0 Å². The zero-order valence-corrected chi connectivity index (χ0v) is 17.6. The number of likely N-dealkylation sites (tertiary alicyclic amines) is 1. The quantitative estimate of drug-likeness (QED) is 0.769. The summed E-state index contributed by atoms with van der Waals surface area (Å²) in [5.41, 5.74) is 0.740. The van der Waals surface area contributed by atoms with Crippen molar-refractivity contribution in [3.8, 4) is 0 Å². The van der Waals surface area contributed by atoms with Crippen LogP contribution >= 0.6 is 0 Å². The maximum Gasteiger partial charge on any atom is 0.490 e. The van der Waals surface area contributed by atoms with Gasteiger partial charge in [-0.1, -0.05) is 24.6 Å². The van der Waals surface area contributed by atoms with E-state index in [2.05, 4.69) is 19.7 Å². The molecule has 1 fully saturated rings. The fourth-order valence-corrected chi connectivity index (χ4v) is 3.79. The van der Waals surface area contributed by atoms with E-state index in [9.17, 15) is 18.0 Å². The predicted molar refractivity (Wildman–Crippen MR) is 109 cm³/mol. The van der Waals surface area contributed by atoms with Crippen LogP contribution in [0.4, 0.5) is 13.2 Å². The second-order valence-electron chi connectivity index (χ2n) is 7.77. The van der Waals surface area contributed by atoms with Crippen LogP contribution in [0.1, 0.15) is 47.7 Å². The molecule has 3 heterocycles. The number of carbonyl (C=O) groups is 2. The number of rotatable bonds is 3. The van der Waals surface area contributed by atoms with Crippen molar-refractivity contribution in [3.05, 3.63) is 47.5 Å². The van der Waals surface area contributed by atoms with Crippen LogP contribution in [0, 0.1) is 0 Å². The van der Waals surface area contributed by atoms with E-state index in [-0.39, 0.29) is 5.91 Å². The highest BCUT2D eigenvalue weighted by Gasteiger charge is 2.38. The molecule has 0 atom stereocenters. The lowest BCUT2D eigenvalue weighted by atomic mass is 10.1. The zero-order valence-electron chi connectivity index (χ0n) is 17.6. The monoisotopic (exact) mass is 453 g/mol. The molecule has 4 rings (SSSR count). The fraction of sp³-hybridized carbons (Fsp3) is 0.524. The summed E-state index contributed by atoms with van der Waals surface area (Å²) in [4.78, 5) is 26.0. The minimum Gasteiger partial charge on any atom is -0.475 e. The molecule has 0 bridgehead atoms. The Hall–Kier alpha value is -2.95. The molecule has 8 nitrogen and oxygen atoms in total. The third-order valence-electron chi connectivity index (χ3n) is 5.41. The minimum absolute atomic E-state index is 0.0784. The van der Waals surface area contributed by atoms with Crippen molar-refractivity contribution in [2.75, 3.05) is 19.6 Å². The van der Waals surface area contributed by atoms with E-state index >= 15 is 0 Å². The lowest BCUT2D eigenvalue weighted by Gasteiger charge is -2.25. The molecule has 2 aromatic rings. The molecule has 0 aliphatic carbocycles. The van der Waals surface area contributed by atoms with Crippen LogP contribution in [0.15, 0.2) is 30.3 Å². The lowest BCUT2D eigenvalue weighted by molar-refractivity contribution is -0.192. The maximum absolute atomic E-state index is 12.7. The van der Waals surface area contributed by atoms with E-state index in [1.165, 1.54) is 19.3 Å². The van der Waals surface area contributed by atoms with Crippen LogP contribution in [-0.4, -0.2) is 67.4 Å².